The molecule has 8 heteroatoms. The molecule has 2 aromatic heterocycles. The lowest BCUT2D eigenvalue weighted by Crippen LogP contribution is -2.52. The third-order valence-electron chi connectivity index (χ3n) is 6.00. The number of aliphatic hydroxyl groups excluding tert-OH is 1. The molecule has 3 heterocycles. The molecule has 1 atom stereocenters. The summed E-state index contributed by atoms with van der Waals surface area (Å²) >= 11 is 0. The van der Waals surface area contributed by atoms with Crippen LogP contribution in [0.3, 0.4) is 0 Å². The topological polar surface area (TPSA) is 95.7 Å². The van der Waals surface area contributed by atoms with Crippen LogP contribution in [0.4, 0.5) is 5.69 Å². The van der Waals surface area contributed by atoms with Gasteiger partial charge in [-0.1, -0.05) is 30.3 Å². The van der Waals surface area contributed by atoms with Crippen molar-refractivity contribution in [3.63, 3.8) is 0 Å². The maximum atomic E-state index is 9.98. The molecule has 170 valence electrons. The van der Waals surface area contributed by atoms with E-state index in [1.165, 1.54) is 0 Å². The Morgan fingerprint density at radius 3 is 2.79 bits per heavy atom. The number of aliphatic hydroxyl groups is 1. The normalized spacial score (nSPS) is 16.3. The zero-order valence-electron chi connectivity index (χ0n) is 18.5. The Kier molecular flexibility index (Phi) is 5.85. The van der Waals surface area contributed by atoms with Gasteiger partial charge in [0.25, 0.3) is 0 Å². The van der Waals surface area contributed by atoms with Gasteiger partial charge in [0.2, 0.25) is 11.8 Å². The molecule has 1 aliphatic rings. The molecule has 1 unspecified atom stereocenters. The van der Waals surface area contributed by atoms with Gasteiger partial charge in [-0.3, -0.25) is 4.68 Å². The summed E-state index contributed by atoms with van der Waals surface area (Å²) < 4.78 is 7.86. The average molecular weight is 446 g/mol. The fourth-order valence-electron chi connectivity index (χ4n) is 4.27. The van der Waals surface area contributed by atoms with Crippen molar-refractivity contribution in [2.75, 3.05) is 31.1 Å². The zero-order valence-corrected chi connectivity index (χ0v) is 18.5. The molecule has 0 bridgehead atoms. The minimum absolute atomic E-state index is 0.0731. The molecule has 0 radical (unpaired) electrons. The van der Waals surface area contributed by atoms with Crippen molar-refractivity contribution in [2.24, 2.45) is 7.05 Å². The molecule has 33 heavy (non-hydrogen) atoms. The quantitative estimate of drug-likeness (QED) is 0.420. The predicted octanol–water partition coefficient (Wildman–Crippen LogP) is 2.69. The molecule has 0 saturated carbocycles. The van der Waals surface area contributed by atoms with E-state index in [4.69, 9.17) is 9.84 Å². The molecule has 4 aromatic rings. The van der Waals surface area contributed by atoms with Crippen LogP contribution >= 0.6 is 0 Å². The number of aromatic hydroxyl groups is 1. The Balaban J connectivity index is 1.49. The number of nitrogens with zero attached hydrogens (tertiary/aromatic N) is 4. The van der Waals surface area contributed by atoms with Gasteiger partial charge in [0.05, 0.1) is 17.7 Å². The Morgan fingerprint density at radius 1 is 1.12 bits per heavy atom. The highest BCUT2D eigenvalue weighted by Gasteiger charge is 2.21. The first-order valence-electron chi connectivity index (χ1n) is 11.1. The molecule has 1 saturated heterocycles. The molecule has 2 aromatic carbocycles. The maximum absolute atomic E-state index is 9.98. The van der Waals surface area contributed by atoms with E-state index < -0.39 is 0 Å². The van der Waals surface area contributed by atoms with Crippen molar-refractivity contribution >= 4 is 16.6 Å². The van der Waals surface area contributed by atoms with Crippen molar-refractivity contribution in [3.05, 3.63) is 66.2 Å². The van der Waals surface area contributed by atoms with Gasteiger partial charge in [0.1, 0.15) is 12.3 Å². The number of piperazine rings is 1. The largest absolute Gasteiger partial charge is 0.493 e. The third kappa shape index (κ3) is 4.35. The lowest BCUT2D eigenvalue weighted by molar-refractivity contribution is 0.235. The molecule has 3 N–H and O–H groups in total. The molecule has 0 spiro atoms. The number of fused-ring (bicyclic) bond motifs is 1. The number of anilines is 1. The number of ether oxygens (including phenoxy) is 1. The first kappa shape index (κ1) is 21.2. The van der Waals surface area contributed by atoms with Crippen LogP contribution in [0.1, 0.15) is 5.56 Å². The summed E-state index contributed by atoms with van der Waals surface area (Å²) in [6.45, 7) is 2.93. The van der Waals surface area contributed by atoms with Gasteiger partial charge in [-0.15, -0.1) is 0 Å². The van der Waals surface area contributed by atoms with Crippen LogP contribution in [0.2, 0.25) is 0 Å². The van der Waals surface area contributed by atoms with Crippen LogP contribution in [0.25, 0.3) is 22.2 Å². The van der Waals surface area contributed by atoms with Crippen molar-refractivity contribution in [1.29, 1.82) is 0 Å². The van der Waals surface area contributed by atoms with Gasteiger partial charge in [-0.05, 0) is 29.8 Å². The van der Waals surface area contributed by atoms with E-state index in [2.05, 4.69) is 33.4 Å². The first-order chi connectivity index (χ1) is 16.1. The molecular formula is C25H27N5O3. The number of pyridine rings is 1. The number of rotatable bonds is 6. The van der Waals surface area contributed by atoms with Crippen molar-refractivity contribution in [2.45, 2.75) is 12.6 Å². The van der Waals surface area contributed by atoms with Gasteiger partial charge >= 0.3 is 0 Å². The Hall–Kier alpha value is -3.62. The van der Waals surface area contributed by atoms with Crippen molar-refractivity contribution < 1.29 is 14.9 Å². The molecule has 1 aliphatic heterocycles. The Morgan fingerprint density at radius 2 is 1.97 bits per heavy atom. The standard InChI is InChI=1S/C25H27N5O3/c1-29-22-13-19(30-12-11-26-18(14-30)15-31)7-8-20(22)24(28-29)21-9-10-23(32)27-25(21)33-16-17-5-3-2-4-6-17/h2-10,13,18,26,31H,11-12,14-16H2,1H3,(H,27,32). The predicted molar refractivity (Wildman–Crippen MR) is 127 cm³/mol. The Labute approximate surface area is 192 Å². The highest BCUT2D eigenvalue weighted by atomic mass is 16.5. The first-order valence-corrected chi connectivity index (χ1v) is 11.1. The van der Waals surface area contributed by atoms with Gasteiger partial charge in [0, 0.05) is 49.9 Å². The zero-order chi connectivity index (χ0) is 22.8. The van der Waals surface area contributed by atoms with Crippen molar-refractivity contribution in [1.82, 2.24) is 20.1 Å². The third-order valence-corrected chi connectivity index (χ3v) is 6.00. The second-order valence-electron chi connectivity index (χ2n) is 8.25. The number of hydrogen-bond donors (Lipinski definition) is 3. The monoisotopic (exact) mass is 445 g/mol. The molecule has 5 rings (SSSR count). The van der Waals surface area contributed by atoms with E-state index in [-0.39, 0.29) is 18.5 Å². The fraction of sp³-hybridized carbons (Fsp3) is 0.280. The van der Waals surface area contributed by atoms with E-state index >= 15 is 0 Å². The number of benzene rings is 2. The highest BCUT2D eigenvalue weighted by molar-refractivity contribution is 5.96. The summed E-state index contributed by atoms with van der Waals surface area (Å²) in [6, 6.07) is 19.5. The lowest BCUT2D eigenvalue weighted by atomic mass is 10.1. The highest BCUT2D eigenvalue weighted by Crippen LogP contribution is 2.36. The number of aryl methyl sites for hydroxylation is 1. The number of hydrogen-bond acceptors (Lipinski definition) is 7. The van der Waals surface area contributed by atoms with E-state index in [1.54, 1.807) is 12.1 Å². The average Bonchev–Trinajstić information content (AvgIpc) is 3.19. The summed E-state index contributed by atoms with van der Waals surface area (Å²) in [5.74, 6) is 0.248. The second-order valence-corrected chi connectivity index (χ2v) is 8.25. The molecule has 8 nitrogen and oxygen atoms in total. The van der Waals surface area contributed by atoms with E-state index in [9.17, 15) is 10.2 Å². The van der Waals surface area contributed by atoms with Gasteiger partial charge in [-0.25, -0.2) is 0 Å². The smallest absolute Gasteiger partial charge is 0.226 e. The summed E-state index contributed by atoms with van der Waals surface area (Å²) in [4.78, 5) is 6.51. The molecule has 0 aliphatic carbocycles. The van der Waals surface area contributed by atoms with Crippen LogP contribution in [0, 0.1) is 0 Å². The SMILES string of the molecule is Cn1nc(-c2ccc(O)nc2OCc2ccccc2)c2ccc(N3CCNC(CO)C3)cc21. The van der Waals surface area contributed by atoms with Crippen LogP contribution in [-0.4, -0.2) is 57.3 Å². The van der Waals surface area contributed by atoms with Gasteiger partial charge in [-0.2, -0.15) is 10.1 Å². The van der Waals surface area contributed by atoms with Crippen LogP contribution in [0.5, 0.6) is 11.8 Å². The molecule has 1 fully saturated rings. The minimum atomic E-state index is -0.0959. The van der Waals surface area contributed by atoms with Gasteiger partial charge < -0.3 is 25.2 Å². The van der Waals surface area contributed by atoms with E-state index in [0.29, 0.717) is 12.5 Å². The lowest BCUT2D eigenvalue weighted by Gasteiger charge is -2.34. The number of aromatic nitrogens is 3. The molecule has 0 amide bonds. The van der Waals surface area contributed by atoms with E-state index in [1.807, 2.05) is 42.1 Å². The second kappa shape index (κ2) is 9.09. The summed E-state index contributed by atoms with van der Waals surface area (Å²) in [7, 11) is 1.92. The van der Waals surface area contributed by atoms with Crippen LogP contribution in [0.15, 0.2) is 60.7 Å². The van der Waals surface area contributed by atoms with E-state index in [0.717, 1.165) is 53.0 Å². The fourth-order valence-corrected chi connectivity index (χ4v) is 4.27. The Bertz CT molecular complexity index is 1260. The minimum Gasteiger partial charge on any atom is -0.493 e. The number of nitrogens with one attached hydrogen (secondary N) is 1. The molecular weight excluding hydrogens is 418 g/mol. The van der Waals surface area contributed by atoms with Crippen molar-refractivity contribution in [3.8, 4) is 23.0 Å². The summed E-state index contributed by atoms with van der Waals surface area (Å²) in [5, 5.41) is 28.6. The summed E-state index contributed by atoms with van der Waals surface area (Å²) in [5.41, 5.74) is 4.58. The maximum Gasteiger partial charge on any atom is 0.226 e. The van der Waals surface area contributed by atoms with Gasteiger partial charge in [0.15, 0.2) is 0 Å². The van der Waals surface area contributed by atoms with Crippen LogP contribution in [-0.2, 0) is 13.7 Å². The van der Waals surface area contributed by atoms with Crippen LogP contribution < -0.4 is 15.0 Å². The summed E-state index contributed by atoms with van der Waals surface area (Å²) in [6.07, 6.45) is 0.